The second kappa shape index (κ2) is 14.3. The lowest BCUT2D eigenvalue weighted by Gasteiger charge is -2.12. The number of nitrogens with zero attached hydrogens (tertiary/aromatic N) is 4. The Morgan fingerprint density at radius 3 is 1.51 bits per heavy atom. The van der Waals surface area contributed by atoms with Crippen molar-refractivity contribution in [3.8, 4) is 62.1 Å². The molecule has 0 aliphatic carbocycles. The Kier molecular flexibility index (Phi) is 8.13. The zero-order valence-corrected chi connectivity index (χ0v) is 33.1. The van der Waals surface area contributed by atoms with Crippen molar-refractivity contribution in [2.45, 2.75) is 0 Å². The molecule has 4 nitrogen and oxygen atoms in total. The smallest absolute Gasteiger partial charge is 0.164 e. The van der Waals surface area contributed by atoms with E-state index in [0.29, 0.717) is 17.5 Å². The minimum Gasteiger partial charge on any atom is -0.309 e. The SMILES string of the molecule is c1ccc(-n2c3ccccc3c3ccc(-c4cccc(-c5nc(-c6ccc7ccccc7c6)nc(-c6ccc7c(-c8ccc9ccccc9c8)cccc7c6)n5)c4)cc32)cc1. The zero-order chi connectivity index (χ0) is 40.3. The Morgan fingerprint density at radius 1 is 0.262 bits per heavy atom. The fraction of sp³-hybridized carbons (Fsp3) is 0. The van der Waals surface area contributed by atoms with Crippen molar-refractivity contribution in [2.24, 2.45) is 0 Å². The molecule has 0 fully saturated rings. The summed E-state index contributed by atoms with van der Waals surface area (Å²) in [4.78, 5) is 15.6. The average Bonchev–Trinajstić information content (AvgIpc) is 3.67. The van der Waals surface area contributed by atoms with Gasteiger partial charge in [-0.1, -0.05) is 170 Å². The number of benzene rings is 10. The molecule has 0 radical (unpaired) electrons. The van der Waals surface area contributed by atoms with Crippen molar-refractivity contribution >= 4 is 54.1 Å². The molecule has 12 aromatic rings. The van der Waals surface area contributed by atoms with Gasteiger partial charge < -0.3 is 4.57 Å². The van der Waals surface area contributed by atoms with Gasteiger partial charge in [0.05, 0.1) is 11.0 Å². The maximum Gasteiger partial charge on any atom is 0.164 e. The fourth-order valence-corrected chi connectivity index (χ4v) is 8.97. The zero-order valence-electron chi connectivity index (χ0n) is 33.1. The highest BCUT2D eigenvalue weighted by Crippen LogP contribution is 2.37. The molecule has 0 unspecified atom stereocenters. The molecule has 0 atom stereocenters. The second-order valence-corrected chi connectivity index (χ2v) is 15.7. The summed E-state index contributed by atoms with van der Waals surface area (Å²) in [6, 6.07) is 77.7. The first kappa shape index (κ1) is 34.8. The van der Waals surface area contributed by atoms with Crippen LogP contribution in [-0.2, 0) is 0 Å². The molecular formula is C57H36N4. The third-order valence-corrected chi connectivity index (χ3v) is 12.0. The van der Waals surface area contributed by atoms with Crippen molar-refractivity contribution in [2.75, 3.05) is 0 Å². The van der Waals surface area contributed by atoms with Crippen LogP contribution in [0.5, 0.6) is 0 Å². The molecule has 12 rings (SSSR count). The third-order valence-electron chi connectivity index (χ3n) is 12.0. The third kappa shape index (κ3) is 6.12. The van der Waals surface area contributed by atoms with Gasteiger partial charge in [0.1, 0.15) is 0 Å². The van der Waals surface area contributed by atoms with Gasteiger partial charge in [0.15, 0.2) is 17.5 Å². The maximum absolute atomic E-state index is 5.22. The Bertz CT molecular complexity index is 3660. The lowest BCUT2D eigenvalue weighted by atomic mass is 9.95. The van der Waals surface area contributed by atoms with E-state index >= 15 is 0 Å². The first-order valence-electron chi connectivity index (χ1n) is 20.7. The summed E-state index contributed by atoms with van der Waals surface area (Å²) >= 11 is 0. The number of hydrogen-bond acceptors (Lipinski definition) is 3. The Balaban J connectivity index is 0.993. The molecule has 2 heterocycles. The Labute approximate surface area is 352 Å². The summed E-state index contributed by atoms with van der Waals surface area (Å²) < 4.78 is 2.36. The highest BCUT2D eigenvalue weighted by Gasteiger charge is 2.17. The average molecular weight is 777 g/mol. The van der Waals surface area contributed by atoms with Crippen molar-refractivity contribution in [1.29, 1.82) is 0 Å². The molecule has 0 N–H and O–H groups in total. The van der Waals surface area contributed by atoms with Crippen molar-refractivity contribution in [3.63, 3.8) is 0 Å². The molecule has 0 spiro atoms. The van der Waals surface area contributed by atoms with Crippen molar-refractivity contribution in [1.82, 2.24) is 19.5 Å². The lowest BCUT2D eigenvalue weighted by Crippen LogP contribution is -2.00. The first-order chi connectivity index (χ1) is 30.2. The largest absolute Gasteiger partial charge is 0.309 e. The lowest BCUT2D eigenvalue weighted by molar-refractivity contribution is 1.08. The molecule has 284 valence electrons. The molecule has 0 saturated heterocycles. The van der Waals surface area contributed by atoms with Gasteiger partial charge in [0.25, 0.3) is 0 Å². The van der Waals surface area contributed by atoms with E-state index in [4.69, 9.17) is 15.0 Å². The molecular weight excluding hydrogens is 741 g/mol. The van der Waals surface area contributed by atoms with Gasteiger partial charge in [-0.3, -0.25) is 0 Å². The number of aromatic nitrogens is 4. The molecule has 61 heavy (non-hydrogen) atoms. The van der Waals surface area contributed by atoms with E-state index in [-0.39, 0.29) is 0 Å². The van der Waals surface area contributed by atoms with E-state index in [1.54, 1.807) is 0 Å². The number of hydrogen-bond donors (Lipinski definition) is 0. The highest BCUT2D eigenvalue weighted by molar-refractivity contribution is 6.10. The predicted molar refractivity (Wildman–Crippen MR) is 254 cm³/mol. The summed E-state index contributed by atoms with van der Waals surface area (Å²) in [6.45, 7) is 0. The van der Waals surface area contributed by atoms with Crippen LogP contribution in [0.25, 0.3) is 116 Å². The topological polar surface area (TPSA) is 43.6 Å². The summed E-state index contributed by atoms with van der Waals surface area (Å²) in [5.41, 5.74) is 10.9. The first-order valence-corrected chi connectivity index (χ1v) is 20.7. The van der Waals surface area contributed by atoms with Crippen LogP contribution in [-0.4, -0.2) is 19.5 Å². The van der Waals surface area contributed by atoms with E-state index in [0.717, 1.165) is 49.8 Å². The van der Waals surface area contributed by atoms with Gasteiger partial charge in [-0.25, -0.2) is 15.0 Å². The standard InChI is InChI=1S/C57H36N4/c1-2-19-48(20-3-1)61-53-23-9-8-21-51(53)52-31-28-42(36-54(52)61)41-16-10-18-45(34-41)55-58-56(46-27-25-38-13-5-7-15-40(38)33-46)60-57(59-55)47-29-30-50-43(35-47)17-11-22-49(50)44-26-24-37-12-4-6-14-39(37)32-44/h1-36H. The summed E-state index contributed by atoms with van der Waals surface area (Å²) in [6.07, 6.45) is 0. The fourth-order valence-electron chi connectivity index (χ4n) is 8.97. The molecule has 0 bridgehead atoms. The van der Waals surface area contributed by atoms with Crippen molar-refractivity contribution in [3.05, 3.63) is 218 Å². The normalized spacial score (nSPS) is 11.6. The molecule has 0 aliphatic rings. The molecule has 0 amide bonds. The van der Waals surface area contributed by atoms with Crippen LogP contribution >= 0.6 is 0 Å². The van der Waals surface area contributed by atoms with E-state index in [9.17, 15) is 0 Å². The van der Waals surface area contributed by atoms with Crippen LogP contribution in [0, 0.1) is 0 Å². The summed E-state index contributed by atoms with van der Waals surface area (Å²) in [5, 5.41) is 9.55. The molecule has 2 aromatic heterocycles. The minimum atomic E-state index is 0.625. The number of para-hydroxylation sites is 2. The van der Waals surface area contributed by atoms with Crippen molar-refractivity contribution < 1.29 is 0 Å². The van der Waals surface area contributed by atoms with E-state index < -0.39 is 0 Å². The van der Waals surface area contributed by atoms with Crippen LogP contribution in [0.1, 0.15) is 0 Å². The van der Waals surface area contributed by atoms with Gasteiger partial charge >= 0.3 is 0 Å². The van der Waals surface area contributed by atoms with E-state index in [1.807, 2.05) is 0 Å². The van der Waals surface area contributed by atoms with E-state index in [2.05, 4.69) is 223 Å². The number of rotatable bonds is 6. The summed E-state index contributed by atoms with van der Waals surface area (Å²) in [5.74, 6) is 1.89. The van der Waals surface area contributed by atoms with Crippen LogP contribution in [0.15, 0.2) is 218 Å². The van der Waals surface area contributed by atoms with Gasteiger partial charge in [0.2, 0.25) is 0 Å². The van der Waals surface area contributed by atoms with Gasteiger partial charge in [0, 0.05) is 33.2 Å². The quantitative estimate of drug-likeness (QED) is 0.169. The van der Waals surface area contributed by atoms with Crippen LogP contribution in [0.3, 0.4) is 0 Å². The monoisotopic (exact) mass is 776 g/mol. The van der Waals surface area contributed by atoms with Crippen LogP contribution in [0.4, 0.5) is 0 Å². The predicted octanol–water partition coefficient (Wildman–Crippen LogP) is 14.8. The molecule has 10 aromatic carbocycles. The Morgan fingerprint density at radius 2 is 0.754 bits per heavy atom. The Hall–Kier alpha value is -8.21. The van der Waals surface area contributed by atoms with Gasteiger partial charge in [-0.15, -0.1) is 0 Å². The molecule has 0 aliphatic heterocycles. The molecule has 4 heteroatoms. The highest BCUT2D eigenvalue weighted by atomic mass is 15.0. The van der Waals surface area contributed by atoms with E-state index in [1.165, 1.54) is 49.0 Å². The van der Waals surface area contributed by atoms with Gasteiger partial charge in [-0.05, 0) is 103 Å². The second-order valence-electron chi connectivity index (χ2n) is 15.7. The molecule has 0 saturated carbocycles. The van der Waals surface area contributed by atoms with Gasteiger partial charge in [-0.2, -0.15) is 0 Å². The summed E-state index contributed by atoms with van der Waals surface area (Å²) in [7, 11) is 0. The minimum absolute atomic E-state index is 0.625. The van der Waals surface area contributed by atoms with Crippen LogP contribution < -0.4 is 0 Å². The number of fused-ring (bicyclic) bond motifs is 6. The maximum atomic E-state index is 5.22. The van der Waals surface area contributed by atoms with Crippen LogP contribution in [0.2, 0.25) is 0 Å².